The summed E-state index contributed by atoms with van der Waals surface area (Å²) in [6.45, 7) is 6.21. The van der Waals surface area contributed by atoms with Gasteiger partial charge in [-0.2, -0.15) is 0 Å². The number of nitrogens with two attached hydrogens (primary N) is 3. The number of hydrazine groups is 1. The quantitative estimate of drug-likeness (QED) is 0.0564. The van der Waals surface area contributed by atoms with Gasteiger partial charge < -0.3 is 30.3 Å². The summed E-state index contributed by atoms with van der Waals surface area (Å²) in [6.07, 6.45) is 7.36. The van der Waals surface area contributed by atoms with E-state index < -0.39 is 36.0 Å². The van der Waals surface area contributed by atoms with Gasteiger partial charge >= 0.3 is 6.09 Å². The number of alkyl carbamates (subject to hydrolysis) is 1. The SMILES string of the molecule is CC(C)(C)OC(=O)N[C@@H](Cc1ccccc1)C(=O)N1CCc2c(C(=O)NN)cc(-c3ccncc3)cc21.NC1NN=C(c2cc(-c3ccncc3)cc3c2CCN3C(=O)[C@@H](N)Cc2ccccc2)O1. The topological polar surface area (TPSA) is 246 Å². The third-order valence-electron chi connectivity index (χ3n) is 11.8. The Morgan fingerprint density at radius 2 is 1.28 bits per heavy atom. The summed E-state index contributed by atoms with van der Waals surface area (Å²) in [5.41, 5.74) is 26.2. The number of rotatable bonds is 11. The molecule has 3 aliphatic rings. The first kappa shape index (κ1) is 47.5. The molecule has 9 rings (SSSR count). The normalized spacial score (nSPS) is 15.5. The molecule has 2 aromatic heterocycles. The molecule has 69 heavy (non-hydrogen) atoms. The first-order valence-corrected chi connectivity index (χ1v) is 22.6. The van der Waals surface area contributed by atoms with Gasteiger partial charge in [-0.25, -0.2) is 10.6 Å². The number of benzene rings is 4. The molecule has 0 aliphatic carbocycles. The minimum atomic E-state index is -0.875. The number of fused-ring (bicyclic) bond motifs is 2. The number of carbonyl (C=O) groups is 4. The molecule has 354 valence electrons. The van der Waals surface area contributed by atoms with Crippen LogP contribution in [0.25, 0.3) is 22.3 Å². The lowest BCUT2D eigenvalue weighted by molar-refractivity contribution is -0.121. The fourth-order valence-electron chi connectivity index (χ4n) is 8.62. The monoisotopic (exact) mass is 929 g/mol. The van der Waals surface area contributed by atoms with Crippen molar-refractivity contribution in [1.82, 2.24) is 26.1 Å². The van der Waals surface area contributed by atoms with Crippen molar-refractivity contribution in [3.8, 4) is 22.3 Å². The largest absolute Gasteiger partial charge is 0.444 e. The van der Waals surface area contributed by atoms with E-state index in [1.807, 2.05) is 103 Å². The molecule has 0 fully saturated rings. The Labute approximate surface area is 400 Å². The highest BCUT2D eigenvalue weighted by atomic mass is 16.6. The van der Waals surface area contributed by atoms with Gasteiger partial charge in [0.2, 0.25) is 24.1 Å². The lowest BCUT2D eigenvalue weighted by atomic mass is 9.97. The van der Waals surface area contributed by atoms with E-state index in [1.54, 1.807) is 61.4 Å². The Morgan fingerprint density at radius 3 is 1.83 bits per heavy atom. The van der Waals surface area contributed by atoms with E-state index >= 15 is 0 Å². The maximum Gasteiger partial charge on any atom is 0.408 e. The fraction of sp³-hybridized carbons (Fsp3) is 0.250. The molecular formula is C52H55N11O6. The number of ether oxygens (including phenoxy) is 2. The predicted octanol–water partition coefficient (Wildman–Crippen LogP) is 5.11. The number of pyridine rings is 2. The van der Waals surface area contributed by atoms with E-state index in [4.69, 9.17) is 26.8 Å². The Bertz CT molecular complexity index is 2840. The smallest absolute Gasteiger partial charge is 0.408 e. The molecule has 9 N–H and O–H groups in total. The van der Waals surface area contributed by atoms with Gasteiger partial charge in [-0.05, 0) is 133 Å². The molecule has 4 amide bonds. The molecule has 0 spiro atoms. The summed E-state index contributed by atoms with van der Waals surface area (Å²) in [5.74, 6) is 5.06. The second-order valence-corrected chi connectivity index (χ2v) is 17.7. The average molecular weight is 930 g/mol. The van der Waals surface area contributed by atoms with E-state index in [9.17, 15) is 19.2 Å². The molecular weight excluding hydrogens is 875 g/mol. The molecule has 0 saturated carbocycles. The summed E-state index contributed by atoms with van der Waals surface area (Å²) in [4.78, 5) is 64.2. The van der Waals surface area contributed by atoms with E-state index in [0.29, 0.717) is 49.5 Å². The highest BCUT2D eigenvalue weighted by Gasteiger charge is 2.36. The van der Waals surface area contributed by atoms with Gasteiger partial charge in [0, 0.05) is 66.8 Å². The van der Waals surface area contributed by atoms with Gasteiger partial charge in [-0.15, -0.1) is 5.10 Å². The number of hydrazone groups is 1. The molecule has 3 atom stereocenters. The number of amides is 4. The van der Waals surface area contributed by atoms with Crippen molar-refractivity contribution in [2.24, 2.45) is 22.4 Å². The zero-order chi connectivity index (χ0) is 48.7. The van der Waals surface area contributed by atoms with Crippen LogP contribution in [0.1, 0.15) is 58.9 Å². The van der Waals surface area contributed by atoms with Crippen molar-refractivity contribution in [3.63, 3.8) is 0 Å². The van der Waals surface area contributed by atoms with Gasteiger partial charge in [-0.3, -0.25) is 40.9 Å². The zero-order valence-electron chi connectivity index (χ0n) is 38.6. The van der Waals surface area contributed by atoms with Crippen LogP contribution in [0.15, 0.2) is 139 Å². The number of anilines is 2. The first-order valence-electron chi connectivity index (χ1n) is 22.6. The summed E-state index contributed by atoms with van der Waals surface area (Å²) >= 11 is 0. The third kappa shape index (κ3) is 11.2. The van der Waals surface area contributed by atoms with Gasteiger partial charge in [0.1, 0.15) is 11.6 Å². The summed E-state index contributed by atoms with van der Waals surface area (Å²) in [5, 5.41) is 7.00. The van der Waals surface area contributed by atoms with Crippen LogP contribution < -0.4 is 43.3 Å². The minimum absolute atomic E-state index is 0.102. The molecule has 1 unspecified atom stereocenters. The maximum atomic E-state index is 13.9. The summed E-state index contributed by atoms with van der Waals surface area (Å²) in [7, 11) is 0. The van der Waals surface area contributed by atoms with E-state index in [1.165, 1.54) is 0 Å². The standard InChI is InChI=1S/C28H31N5O4.C24H24N6O2/c1-28(2,3)37-27(36)31-23(15-18-7-5-4-6-8-18)26(35)33-14-11-21-22(25(34)32-29)16-20(17-24(21)33)19-9-12-30-13-10-19;25-20(12-15-4-2-1-3-5-15)23(31)30-11-8-18-19(22-28-29-24(26)32-22)13-17(14-21(18)30)16-6-9-27-10-7-16/h4-10,12-13,16-17,23H,11,14-15,29H2,1-3H3,(H,31,36)(H,32,34);1-7,9-10,13-14,20,24,29H,8,11-12,25-26H2/t23-;20-,24?/m00/s1. The summed E-state index contributed by atoms with van der Waals surface area (Å²) < 4.78 is 11.1. The van der Waals surface area contributed by atoms with Crippen molar-refractivity contribution >= 4 is 41.1 Å². The first-order chi connectivity index (χ1) is 33.3. The Hall–Kier alpha value is -7.99. The van der Waals surface area contributed by atoms with Gasteiger partial charge in [0.15, 0.2) is 0 Å². The van der Waals surface area contributed by atoms with Crippen LogP contribution in [-0.4, -0.2) is 76.8 Å². The zero-order valence-corrected chi connectivity index (χ0v) is 38.6. The summed E-state index contributed by atoms with van der Waals surface area (Å²) in [6, 6.07) is 33.0. The van der Waals surface area contributed by atoms with Gasteiger partial charge in [0.25, 0.3) is 5.91 Å². The molecule has 0 radical (unpaired) electrons. The molecule has 17 nitrogen and oxygen atoms in total. The van der Waals surface area contributed by atoms with Gasteiger partial charge in [0.05, 0.1) is 6.04 Å². The predicted molar refractivity (Wildman–Crippen MR) is 263 cm³/mol. The van der Waals surface area contributed by atoms with E-state index in [0.717, 1.165) is 55.8 Å². The van der Waals surface area contributed by atoms with Crippen LogP contribution in [0.4, 0.5) is 16.2 Å². The second kappa shape index (κ2) is 20.9. The second-order valence-electron chi connectivity index (χ2n) is 17.7. The molecule has 5 heterocycles. The number of nitrogen functional groups attached to an aromatic ring is 1. The van der Waals surface area contributed by atoms with Crippen LogP contribution >= 0.6 is 0 Å². The molecule has 0 saturated heterocycles. The molecule has 0 bridgehead atoms. The number of carbonyl (C=O) groups excluding carboxylic acids is 4. The Morgan fingerprint density at radius 1 is 0.739 bits per heavy atom. The van der Waals surface area contributed by atoms with Crippen molar-refractivity contribution in [1.29, 1.82) is 0 Å². The minimum Gasteiger partial charge on any atom is -0.444 e. The van der Waals surface area contributed by atoms with Crippen LogP contribution in [0.5, 0.6) is 0 Å². The van der Waals surface area contributed by atoms with Gasteiger partial charge in [-0.1, -0.05) is 60.7 Å². The lowest BCUT2D eigenvalue weighted by Gasteiger charge is -2.27. The van der Waals surface area contributed by atoms with Crippen molar-refractivity contribution in [2.45, 2.75) is 70.5 Å². The van der Waals surface area contributed by atoms with Crippen LogP contribution in [0.3, 0.4) is 0 Å². The lowest BCUT2D eigenvalue weighted by Crippen LogP contribution is -2.50. The third-order valence-corrected chi connectivity index (χ3v) is 11.8. The fourth-order valence-corrected chi connectivity index (χ4v) is 8.62. The highest BCUT2D eigenvalue weighted by molar-refractivity contribution is 6.06. The van der Waals surface area contributed by atoms with Crippen molar-refractivity contribution < 1.29 is 28.7 Å². The van der Waals surface area contributed by atoms with E-state index in [2.05, 4.69) is 31.2 Å². The van der Waals surface area contributed by atoms with Crippen LogP contribution in [0, 0.1) is 0 Å². The number of aromatic nitrogens is 2. The van der Waals surface area contributed by atoms with Crippen LogP contribution in [0.2, 0.25) is 0 Å². The molecule has 6 aromatic rings. The van der Waals surface area contributed by atoms with Crippen molar-refractivity contribution in [3.05, 3.63) is 167 Å². The maximum absolute atomic E-state index is 13.9. The van der Waals surface area contributed by atoms with Crippen molar-refractivity contribution in [2.75, 3.05) is 22.9 Å². The number of hydrogen-bond donors (Lipinski definition) is 6. The molecule has 4 aromatic carbocycles. The average Bonchev–Trinajstić information content (AvgIpc) is 4.12. The van der Waals surface area contributed by atoms with E-state index in [-0.39, 0.29) is 18.2 Å². The molecule has 17 heteroatoms. The number of hydrogen-bond acceptors (Lipinski definition) is 13. The molecule has 3 aliphatic heterocycles. The number of nitrogens with one attached hydrogen (secondary N) is 3. The van der Waals surface area contributed by atoms with Crippen LogP contribution in [-0.2, 0) is 44.7 Å². The Balaban J connectivity index is 0.000000188. The number of nitrogens with zero attached hydrogens (tertiary/aromatic N) is 5. The Kier molecular flexibility index (Phi) is 14.4. The highest BCUT2D eigenvalue weighted by Crippen LogP contribution is 2.38.